The summed E-state index contributed by atoms with van der Waals surface area (Å²) in [5, 5.41) is 5.04. The predicted molar refractivity (Wildman–Crippen MR) is 114 cm³/mol. The van der Waals surface area contributed by atoms with E-state index in [1.807, 2.05) is 19.2 Å². The van der Waals surface area contributed by atoms with Gasteiger partial charge in [0.15, 0.2) is 0 Å². The number of nitrogens with zero attached hydrogens (tertiary/aromatic N) is 2. The maximum absolute atomic E-state index is 6.00. The van der Waals surface area contributed by atoms with E-state index in [-0.39, 0.29) is 0 Å². The minimum atomic E-state index is 0.724. The summed E-state index contributed by atoms with van der Waals surface area (Å²) in [7, 11) is 1.97. The molecule has 4 rings (SSSR count). The topological polar surface area (TPSA) is 27.6 Å². The zero-order chi connectivity index (χ0) is 18.6. The van der Waals surface area contributed by atoms with E-state index in [2.05, 4.69) is 58.9 Å². The molecule has 1 aliphatic heterocycles. The quantitative estimate of drug-likeness (QED) is 0.689. The maximum Gasteiger partial charge on any atom is 0.110 e. The first-order valence-corrected chi connectivity index (χ1v) is 10.3. The number of benzene rings is 2. The normalized spacial score (nSPS) is 13.0. The molecule has 0 amide bonds. The van der Waals surface area contributed by atoms with Crippen molar-refractivity contribution in [1.29, 1.82) is 0 Å². The van der Waals surface area contributed by atoms with E-state index in [1.54, 1.807) is 11.3 Å². The number of fused-ring (bicyclic) bond motifs is 1. The Morgan fingerprint density at radius 2 is 1.81 bits per heavy atom. The van der Waals surface area contributed by atoms with E-state index in [0.717, 1.165) is 36.6 Å². The number of rotatable bonds is 6. The lowest BCUT2D eigenvalue weighted by Gasteiger charge is -2.19. The van der Waals surface area contributed by atoms with Crippen molar-refractivity contribution in [2.75, 3.05) is 20.3 Å². The van der Waals surface area contributed by atoms with Gasteiger partial charge in [0.2, 0.25) is 0 Å². The Morgan fingerprint density at radius 1 is 1.07 bits per heavy atom. The van der Waals surface area contributed by atoms with E-state index in [4.69, 9.17) is 16.6 Å². The van der Waals surface area contributed by atoms with E-state index < -0.39 is 0 Å². The molecule has 0 aliphatic carbocycles. The van der Waals surface area contributed by atoms with Gasteiger partial charge in [-0.25, -0.2) is 0 Å². The van der Waals surface area contributed by atoms with E-state index >= 15 is 0 Å². The second-order valence-electron chi connectivity index (χ2n) is 6.70. The average Bonchev–Trinajstić information content (AvgIpc) is 3.11. The second kappa shape index (κ2) is 8.26. The Labute approximate surface area is 168 Å². The van der Waals surface area contributed by atoms with Gasteiger partial charge in [0.25, 0.3) is 0 Å². The average molecular weight is 396 g/mol. The largest absolute Gasteiger partial charge is 0.357 e. The van der Waals surface area contributed by atoms with Crippen molar-refractivity contribution >= 4 is 29.1 Å². The van der Waals surface area contributed by atoms with Crippen LogP contribution in [-0.2, 0) is 13.0 Å². The molecule has 0 atom stereocenters. The molecular formula is C22H22ClN3S. The van der Waals surface area contributed by atoms with Gasteiger partial charge in [-0.3, -0.25) is 4.99 Å². The van der Waals surface area contributed by atoms with Crippen LogP contribution in [0.5, 0.6) is 0 Å². The fourth-order valence-electron chi connectivity index (χ4n) is 3.18. The van der Waals surface area contributed by atoms with Crippen molar-refractivity contribution in [3.63, 3.8) is 0 Å². The smallest absolute Gasteiger partial charge is 0.110 e. The molecule has 1 N–H and O–H groups in total. The van der Waals surface area contributed by atoms with Crippen molar-refractivity contribution in [3.05, 3.63) is 80.6 Å². The molecule has 0 radical (unpaired) electrons. The third-order valence-corrected chi connectivity index (χ3v) is 6.04. The number of thiophene rings is 1. The number of hydrogen-bond acceptors (Lipinski definition) is 4. The zero-order valence-corrected chi connectivity index (χ0v) is 16.9. The van der Waals surface area contributed by atoms with Crippen LogP contribution >= 0.6 is 22.9 Å². The van der Waals surface area contributed by atoms with Crippen LogP contribution in [0.2, 0.25) is 5.02 Å². The molecule has 0 saturated heterocycles. The Morgan fingerprint density at radius 3 is 2.56 bits per heavy atom. The van der Waals surface area contributed by atoms with Gasteiger partial charge in [-0.1, -0.05) is 48.0 Å². The first-order chi connectivity index (χ1) is 13.2. The van der Waals surface area contributed by atoms with Crippen molar-refractivity contribution in [2.45, 2.75) is 13.0 Å². The van der Waals surface area contributed by atoms with Crippen molar-refractivity contribution < 1.29 is 0 Å². The Hall–Kier alpha value is -2.14. The summed E-state index contributed by atoms with van der Waals surface area (Å²) in [6.45, 7) is 2.61. The van der Waals surface area contributed by atoms with Crippen LogP contribution in [0.4, 0.5) is 0 Å². The number of halogens is 1. The summed E-state index contributed by atoms with van der Waals surface area (Å²) in [5.74, 6) is 0. The third-order valence-electron chi connectivity index (χ3n) is 4.68. The molecule has 0 bridgehead atoms. The summed E-state index contributed by atoms with van der Waals surface area (Å²) in [5.41, 5.74) is 3.87. The van der Waals surface area contributed by atoms with Gasteiger partial charge in [-0.05, 0) is 48.4 Å². The van der Waals surface area contributed by atoms with Gasteiger partial charge < -0.3 is 10.2 Å². The second-order valence-corrected chi connectivity index (χ2v) is 8.23. The van der Waals surface area contributed by atoms with E-state index in [0.29, 0.717) is 0 Å². The molecule has 3 aromatic rings. The lowest BCUT2D eigenvalue weighted by Crippen LogP contribution is -2.33. The highest BCUT2D eigenvalue weighted by molar-refractivity contribution is 7.13. The molecular weight excluding hydrogens is 374 g/mol. The standard InChI is InChI=1S/C22H22ClN3S/c1-24-13-17-4-2-16(3-5-17)10-11-26-14-22-20(25-15-26)12-21(27-22)18-6-8-19(23)9-7-18/h2-9,12,14,24H,10-11,13,15H2,1H3. The minimum Gasteiger partial charge on any atom is -0.357 e. The summed E-state index contributed by atoms with van der Waals surface area (Å²) >= 11 is 7.78. The van der Waals surface area contributed by atoms with Crippen LogP contribution in [-0.4, -0.2) is 25.2 Å². The molecule has 0 fully saturated rings. The molecule has 0 saturated carbocycles. The fraction of sp³-hybridized carbons (Fsp3) is 0.227. The maximum atomic E-state index is 6.00. The van der Waals surface area contributed by atoms with Crippen LogP contribution in [0.1, 0.15) is 11.1 Å². The Balaban J connectivity index is 1.45. The summed E-state index contributed by atoms with van der Waals surface area (Å²) in [4.78, 5) is 8.29. The molecule has 0 spiro atoms. The summed E-state index contributed by atoms with van der Waals surface area (Å²) in [6.07, 6.45) is 3.28. The van der Waals surface area contributed by atoms with Crippen molar-refractivity contribution in [2.24, 2.45) is 4.99 Å². The molecule has 1 aliphatic rings. The van der Waals surface area contributed by atoms with Crippen LogP contribution < -0.4 is 15.2 Å². The van der Waals surface area contributed by atoms with Crippen LogP contribution in [0.15, 0.2) is 59.6 Å². The lowest BCUT2D eigenvalue weighted by atomic mass is 10.1. The Kier molecular flexibility index (Phi) is 5.58. The van der Waals surface area contributed by atoms with E-state index in [1.165, 1.54) is 26.1 Å². The molecule has 5 heteroatoms. The molecule has 2 aromatic carbocycles. The van der Waals surface area contributed by atoms with Crippen molar-refractivity contribution in [3.8, 4) is 10.4 Å². The lowest BCUT2D eigenvalue weighted by molar-refractivity contribution is 0.418. The molecule has 138 valence electrons. The highest BCUT2D eigenvalue weighted by Gasteiger charge is 2.09. The van der Waals surface area contributed by atoms with Gasteiger partial charge in [0.05, 0.1) is 9.89 Å². The SMILES string of the molecule is CNCc1ccc(CCN2C=c3sc(-c4ccc(Cl)cc4)cc3=NC2)cc1. The molecule has 2 heterocycles. The molecule has 3 nitrogen and oxygen atoms in total. The van der Waals surface area contributed by atoms with Gasteiger partial charge in [-0.2, -0.15) is 0 Å². The first kappa shape index (κ1) is 18.2. The molecule has 0 unspecified atom stereocenters. The monoisotopic (exact) mass is 395 g/mol. The minimum absolute atomic E-state index is 0.724. The summed E-state index contributed by atoms with van der Waals surface area (Å²) in [6, 6.07) is 19.0. The highest BCUT2D eigenvalue weighted by Crippen LogP contribution is 2.22. The van der Waals surface area contributed by atoms with E-state index in [9.17, 15) is 0 Å². The van der Waals surface area contributed by atoms with Crippen LogP contribution in [0.25, 0.3) is 16.6 Å². The highest BCUT2D eigenvalue weighted by atomic mass is 35.5. The van der Waals surface area contributed by atoms with Crippen LogP contribution in [0, 0.1) is 0 Å². The fourth-order valence-corrected chi connectivity index (χ4v) is 4.39. The Bertz CT molecular complexity index is 1020. The predicted octanol–water partition coefficient (Wildman–Crippen LogP) is 3.66. The van der Waals surface area contributed by atoms with Crippen molar-refractivity contribution in [1.82, 2.24) is 10.2 Å². The molecule has 1 aromatic heterocycles. The zero-order valence-electron chi connectivity index (χ0n) is 15.3. The number of nitrogens with one attached hydrogen (secondary N) is 1. The molecule has 27 heavy (non-hydrogen) atoms. The van der Waals surface area contributed by atoms with Crippen LogP contribution in [0.3, 0.4) is 0 Å². The third kappa shape index (κ3) is 4.41. The van der Waals surface area contributed by atoms with Gasteiger partial charge in [0, 0.05) is 29.2 Å². The number of hydrogen-bond donors (Lipinski definition) is 1. The van der Waals surface area contributed by atoms with Gasteiger partial charge in [0.1, 0.15) is 6.67 Å². The van der Waals surface area contributed by atoms with Gasteiger partial charge in [-0.15, -0.1) is 11.3 Å². The van der Waals surface area contributed by atoms with Gasteiger partial charge >= 0.3 is 0 Å². The summed E-state index contributed by atoms with van der Waals surface area (Å²) < 4.78 is 1.23. The first-order valence-electron chi connectivity index (χ1n) is 9.10.